The van der Waals surface area contributed by atoms with Gasteiger partial charge in [-0.2, -0.15) is 0 Å². The van der Waals surface area contributed by atoms with E-state index in [1.54, 1.807) is 0 Å². The Morgan fingerprint density at radius 2 is 1.87 bits per heavy atom. The van der Waals surface area contributed by atoms with Crippen LogP contribution in [0.2, 0.25) is 0 Å². The summed E-state index contributed by atoms with van der Waals surface area (Å²) in [7, 11) is 0. The maximum atomic E-state index is 13.0. The lowest BCUT2D eigenvalue weighted by Gasteiger charge is -2.04. The van der Waals surface area contributed by atoms with Gasteiger partial charge in [-0.1, -0.05) is 5.92 Å². The molecule has 15 heavy (non-hydrogen) atoms. The molecule has 0 aliphatic rings. The second-order valence-electron chi connectivity index (χ2n) is 2.63. The van der Waals surface area contributed by atoms with E-state index in [1.807, 2.05) is 0 Å². The van der Waals surface area contributed by atoms with E-state index < -0.39 is 28.9 Å². The number of halogens is 3. The Morgan fingerprint density at radius 3 is 2.33 bits per heavy atom. The van der Waals surface area contributed by atoms with E-state index in [-0.39, 0.29) is 6.54 Å². The molecule has 0 unspecified atom stereocenters. The van der Waals surface area contributed by atoms with E-state index in [1.165, 1.54) is 0 Å². The summed E-state index contributed by atoms with van der Waals surface area (Å²) in [5.41, 5.74) is -0.841. The summed E-state index contributed by atoms with van der Waals surface area (Å²) in [4.78, 5) is 11.1. The van der Waals surface area contributed by atoms with E-state index in [9.17, 15) is 18.0 Å². The van der Waals surface area contributed by atoms with Gasteiger partial charge in [-0.25, -0.2) is 13.2 Å². The first-order chi connectivity index (χ1) is 7.06. The van der Waals surface area contributed by atoms with Gasteiger partial charge in [-0.3, -0.25) is 4.79 Å². The Hall–Kier alpha value is -1.96. The molecule has 1 aromatic carbocycles. The SMILES string of the molecule is C#CCNC(=O)c1c(F)cc(F)cc1F. The Kier molecular flexibility index (Phi) is 3.34. The number of hydrogen-bond donors (Lipinski definition) is 1. The van der Waals surface area contributed by atoms with Gasteiger partial charge < -0.3 is 5.32 Å². The van der Waals surface area contributed by atoms with E-state index in [2.05, 4.69) is 11.2 Å². The fourth-order valence-electron chi connectivity index (χ4n) is 0.979. The van der Waals surface area contributed by atoms with Crippen LogP contribution < -0.4 is 5.32 Å². The number of carbonyl (C=O) groups excluding carboxylic acids is 1. The van der Waals surface area contributed by atoms with Gasteiger partial charge in [0.2, 0.25) is 0 Å². The lowest BCUT2D eigenvalue weighted by Crippen LogP contribution is -2.25. The fourth-order valence-corrected chi connectivity index (χ4v) is 0.979. The van der Waals surface area contributed by atoms with Crippen LogP contribution in [-0.2, 0) is 0 Å². The maximum Gasteiger partial charge on any atom is 0.258 e. The molecule has 0 radical (unpaired) electrons. The van der Waals surface area contributed by atoms with Crippen LogP contribution in [0.4, 0.5) is 13.2 Å². The number of benzene rings is 1. The topological polar surface area (TPSA) is 29.1 Å². The molecule has 0 saturated heterocycles. The van der Waals surface area contributed by atoms with Crippen LogP contribution in [0.5, 0.6) is 0 Å². The van der Waals surface area contributed by atoms with Crippen LogP contribution in [0.15, 0.2) is 12.1 Å². The molecule has 78 valence electrons. The van der Waals surface area contributed by atoms with Crippen molar-refractivity contribution < 1.29 is 18.0 Å². The summed E-state index contributed by atoms with van der Waals surface area (Å²) >= 11 is 0. The minimum absolute atomic E-state index is 0.158. The van der Waals surface area contributed by atoms with Crippen molar-refractivity contribution >= 4 is 5.91 Å². The van der Waals surface area contributed by atoms with Crippen molar-refractivity contribution in [1.29, 1.82) is 0 Å². The highest BCUT2D eigenvalue weighted by Crippen LogP contribution is 2.14. The lowest BCUT2D eigenvalue weighted by atomic mass is 10.2. The maximum absolute atomic E-state index is 13.0. The largest absolute Gasteiger partial charge is 0.341 e. The van der Waals surface area contributed by atoms with Gasteiger partial charge in [0.05, 0.1) is 6.54 Å². The molecular weight excluding hydrogens is 207 g/mol. The van der Waals surface area contributed by atoms with Crippen LogP contribution in [0.3, 0.4) is 0 Å². The van der Waals surface area contributed by atoms with Gasteiger partial charge in [0, 0.05) is 12.1 Å². The van der Waals surface area contributed by atoms with Crippen LogP contribution in [0.1, 0.15) is 10.4 Å². The molecule has 1 aromatic rings. The molecule has 2 nitrogen and oxygen atoms in total. The Morgan fingerprint density at radius 1 is 1.33 bits per heavy atom. The van der Waals surface area contributed by atoms with Crippen molar-refractivity contribution in [3.63, 3.8) is 0 Å². The van der Waals surface area contributed by atoms with Gasteiger partial charge in [0.1, 0.15) is 23.0 Å². The molecule has 0 saturated carbocycles. The average molecular weight is 213 g/mol. The molecule has 0 aliphatic carbocycles. The molecule has 1 amide bonds. The molecule has 0 aromatic heterocycles. The van der Waals surface area contributed by atoms with Gasteiger partial charge in [0.25, 0.3) is 5.91 Å². The van der Waals surface area contributed by atoms with Crippen LogP contribution in [-0.4, -0.2) is 12.5 Å². The van der Waals surface area contributed by atoms with Gasteiger partial charge in [-0.05, 0) is 0 Å². The summed E-state index contributed by atoms with van der Waals surface area (Å²) < 4.78 is 38.5. The van der Waals surface area contributed by atoms with Crippen LogP contribution in [0, 0.1) is 29.8 Å². The molecule has 0 aliphatic heterocycles. The molecule has 0 atom stereocenters. The summed E-state index contributed by atoms with van der Waals surface area (Å²) in [6.45, 7) is -0.158. The van der Waals surface area contributed by atoms with Crippen molar-refractivity contribution in [1.82, 2.24) is 5.32 Å². The van der Waals surface area contributed by atoms with Gasteiger partial charge in [-0.15, -0.1) is 6.42 Å². The second kappa shape index (κ2) is 4.51. The molecular formula is C10H6F3NO. The zero-order valence-electron chi connectivity index (χ0n) is 7.48. The summed E-state index contributed by atoms with van der Waals surface area (Å²) in [5, 5.41) is 2.07. The molecule has 0 spiro atoms. The molecule has 0 heterocycles. The molecule has 5 heteroatoms. The van der Waals surface area contributed by atoms with Crippen molar-refractivity contribution in [2.75, 3.05) is 6.54 Å². The van der Waals surface area contributed by atoms with E-state index in [0.717, 1.165) is 0 Å². The second-order valence-corrected chi connectivity index (χ2v) is 2.63. The van der Waals surface area contributed by atoms with E-state index in [4.69, 9.17) is 6.42 Å². The minimum Gasteiger partial charge on any atom is -0.341 e. The normalized spacial score (nSPS) is 9.47. The Balaban J connectivity index is 3.04. The number of amides is 1. The first kappa shape index (κ1) is 11.1. The summed E-state index contributed by atoms with van der Waals surface area (Å²) in [6.07, 6.45) is 4.84. The van der Waals surface area contributed by atoms with Crippen molar-refractivity contribution in [3.8, 4) is 12.3 Å². The monoisotopic (exact) mass is 213 g/mol. The van der Waals surface area contributed by atoms with Crippen molar-refractivity contribution in [3.05, 3.63) is 35.1 Å². The lowest BCUT2D eigenvalue weighted by molar-refractivity contribution is 0.0950. The fraction of sp³-hybridized carbons (Fsp3) is 0.100. The van der Waals surface area contributed by atoms with Crippen molar-refractivity contribution in [2.24, 2.45) is 0 Å². The zero-order valence-corrected chi connectivity index (χ0v) is 7.48. The number of rotatable bonds is 2. The smallest absolute Gasteiger partial charge is 0.258 e. The highest BCUT2D eigenvalue weighted by molar-refractivity contribution is 5.94. The van der Waals surface area contributed by atoms with Gasteiger partial charge in [0.15, 0.2) is 0 Å². The van der Waals surface area contributed by atoms with Crippen molar-refractivity contribution in [2.45, 2.75) is 0 Å². The van der Waals surface area contributed by atoms with E-state index in [0.29, 0.717) is 12.1 Å². The summed E-state index contributed by atoms with van der Waals surface area (Å²) in [6, 6.07) is 0.849. The summed E-state index contributed by atoms with van der Waals surface area (Å²) in [5.74, 6) is -2.55. The van der Waals surface area contributed by atoms with Crippen LogP contribution in [0.25, 0.3) is 0 Å². The van der Waals surface area contributed by atoms with Gasteiger partial charge >= 0.3 is 0 Å². The third-order valence-corrected chi connectivity index (χ3v) is 1.58. The van der Waals surface area contributed by atoms with E-state index >= 15 is 0 Å². The standard InChI is InChI=1S/C10H6F3NO/c1-2-3-14-10(15)9-7(12)4-6(11)5-8(9)13/h1,4-5H,3H2,(H,14,15). The molecule has 0 bridgehead atoms. The Labute approximate surface area is 84.1 Å². The predicted octanol–water partition coefficient (Wildman–Crippen LogP) is 1.47. The highest BCUT2D eigenvalue weighted by atomic mass is 19.1. The minimum atomic E-state index is -1.26. The third-order valence-electron chi connectivity index (χ3n) is 1.58. The number of hydrogen-bond acceptors (Lipinski definition) is 1. The molecule has 0 fully saturated rings. The average Bonchev–Trinajstić information content (AvgIpc) is 2.12. The highest BCUT2D eigenvalue weighted by Gasteiger charge is 2.18. The first-order valence-corrected chi connectivity index (χ1v) is 3.92. The quantitative estimate of drug-likeness (QED) is 0.740. The Bertz CT molecular complexity index is 414. The van der Waals surface area contributed by atoms with Crippen LogP contribution >= 0.6 is 0 Å². The number of carbonyl (C=O) groups is 1. The zero-order chi connectivity index (χ0) is 11.4. The third kappa shape index (κ3) is 2.50. The number of nitrogens with one attached hydrogen (secondary N) is 1. The first-order valence-electron chi connectivity index (χ1n) is 3.92. The molecule has 1 rings (SSSR count). The number of terminal acetylenes is 1. The predicted molar refractivity (Wildman–Crippen MR) is 47.5 cm³/mol. The molecule has 1 N–H and O–H groups in total.